The first kappa shape index (κ1) is 21.1. The Bertz CT molecular complexity index is 1040. The van der Waals surface area contributed by atoms with Gasteiger partial charge < -0.3 is 19.5 Å². The molecule has 0 aliphatic carbocycles. The van der Waals surface area contributed by atoms with Crippen molar-refractivity contribution >= 4 is 29.4 Å². The number of hydrogen-bond donors (Lipinski definition) is 1. The normalized spacial score (nSPS) is 11.1. The summed E-state index contributed by atoms with van der Waals surface area (Å²) < 4.78 is 12.7. The van der Waals surface area contributed by atoms with Gasteiger partial charge in [-0.15, -0.1) is 0 Å². The number of hydrogen-bond acceptors (Lipinski definition) is 4. The Balaban J connectivity index is 1.75. The van der Waals surface area contributed by atoms with Crippen LogP contribution in [0.5, 0.6) is 11.5 Å². The summed E-state index contributed by atoms with van der Waals surface area (Å²) >= 11 is 12.6. The summed E-state index contributed by atoms with van der Waals surface area (Å²) in [6, 6.07) is 13.5. The molecule has 0 saturated carbocycles. The molecule has 0 aliphatic rings. The largest absolute Gasteiger partial charge is 0.493 e. The number of benzene rings is 2. The van der Waals surface area contributed by atoms with Crippen LogP contribution in [0.2, 0.25) is 10.0 Å². The molecule has 1 N–H and O–H groups in total. The quantitative estimate of drug-likeness (QED) is 0.394. The number of methoxy groups -OCH3 is 2. The van der Waals surface area contributed by atoms with Crippen LogP contribution in [0.3, 0.4) is 0 Å². The van der Waals surface area contributed by atoms with Crippen LogP contribution in [-0.4, -0.2) is 25.0 Å². The Morgan fingerprint density at radius 1 is 1.03 bits per heavy atom. The van der Waals surface area contributed by atoms with Gasteiger partial charge in [-0.05, 0) is 49.7 Å². The van der Waals surface area contributed by atoms with Crippen molar-refractivity contribution in [1.82, 2.24) is 9.99 Å². The molecule has 2 aromatic carbocycles. The summed E-state index contributed by atoms with van der Waals surface area (Å²) in [6.07, 6.45) is 1.80. The van der Waals surface area contributed by atoms with Crippen LogP contribution >= 0.6 is 23.2 Å². The second-order valence-corrected chi connectivity index (χ2v) is 7.30. The molecule has 0 radical (unpaired) electrons. The second kappa shape index (κ2) is 9.25. The minimum Gasteiger partial charge on any atom is -0.493 e. The topological polar surface area (TPSA) is 47.8 Å². The van der Waals surface area contributed by atoms with E-state index in [4.69, 9.17) is 32.7 Å². The summed E-state index contributed by atoms with van der Waals surface area (Å²) in [6.45, 7) is 4.62. The van der Waals surface area contributed by atoms with E-state index in [-0.39, 0.29) is 0 Å². The van der Waals surface area contributed by atoms with Crippen molar-refractivity contribution in [3.63, 3.8) is 0 Å². The van der Waals surface area contributed by atoms with Crippen LogP contribution in [0.4, 0.5) is 0 Å². The number of hydrazone groups is 1. The van der Waals surface area contributed by atoms with Crippen LogP contribution in [0.15, 0.2) is 47.6 Å². The third-order valence-electron chi connectivity index (χ3n) is 4.67. The highest BCUT2D eigenvalue weighted by Crippen LogP contribution is 2.31. The lowest BCUT2D eigenvalue weighted by molar-refractivity contribution is 0.354. The molecule has 3 rings (SSSR count). The van der Waals surface area contributed by atoms with Crippen LogP contribution in [0, 0.1) is 13.8 Å². The van der Waals surface area contributed by atoms with Gasteiger partial charge in [-0.1, -0.05) is 35.3 Å². The number of nitrogens with one attached hydrogen (secondary N) is 1. The number of aromatic nitrogens is 1. The predicted octanol–water partition coefficient (Wildman–Crippen LogP) is 5.54. The van der Waals surface area contributed by atoms with Gasteiger partial charge in [0.05, 0.1) is 42.7 Å². The minimum absolute atomic E-state index is 0.531. The van der Waals surface area contributed by atoms with Gasteiger partial charge in [0.1, 0.15) is 0 Å². The molecule has 0 saturated heterocycles. The molecular formula is C22H23Cl2N3O2. The zero-order valence-corrected chi connectivity index (χ0v) is 18.3. The molecular weight excluding hydrogens is 409 g/mol. The van der Waals surface area contributed by atoms with Crippen molar-refractivity contribution in [3.8, 4) is 17.2 Å². The molecule has 0 unspecified atom stereocenters. The first-order valence-corrected chi connectivity index (χ1v) is 9.82. The molecule has 0 atom stereocenters. The predicted molar refractivity (Wildman–Crippen MR) is 119 cm³/mol. The molecule has 0 bridgehead atoms. The van der Waals surface area contributed by atoms with E-state index in [1.54, 1.807) is 26.5 Å². The molecule has 29 heavy (non-hydrogen) atoms. The van der Waals surface area contributed by atoms with Crippen LogP contribution in [0.25, 0.3) is 5.69 Å². The van der Waals surface area contributed by atoms with Crippen LogP contribution in [-0.2, 0) is 6.54 Å². The Kier molecular flexibility index (Phi) is 6.72. The Hall–Kier alpha value is -2.63. The summed E-state index contributed by atoms with van der Waals surface area (Å²) in [5.74, 6) is 1.39. The summed E-state index contributed by atoms with van der Waals surface area (Å²) in [5, 5.41) is 5.43. The third-order valence-corrected chi connectivity index (χ3v) is 5.48. The zero-order valence-electron chi connectivity index (χ0n) is 16.8. The molecule has 0 fully saturated rings. The van der Waals surface area contributed by atoms with Crippen molar-refractivity contribution in [2.24, 2.45) is 5.10 Å². The Labute approximate surface area is 180 Å². The lowest BCUT2D eigenvalue weighted by atomic mass is 10.2. The lowest BCUT2D eigenvalue weighted by Gasteiger charge is -2.12. The number of halogens is 2. The van der Waals surface area contributed by atoms with E-state index in [1.165, 1.54) is 0 Å². The van der Waals surface area contributed by atoms with E-state index in [9.17, 15) is 0 Å². The fourth-order valence-electron chi connectivity index (χ4n) is 3.20. The maximum Gasteiger partial charge on any atom is 0.161 e. The Morgan fingerprint density at radius 3 is 2.52 bits per heavy atom. The van der Waals surface area contributed by atoms with Crippen molar-refractivity contribution in [3.05, 3.63) is 75.0 Å². The second-order valence-electron chi connectivity index (χ2n) is 6.52. The van der Waals surface area contributed by atoms with E-state index < -0.39 is 0 Å². The first-order valence-electron chi connectivity index (χ1n) is 9.06. The van der Waals surface area contributed by atoms with Crippen LogP contribution in [0.1, 0.15) is 22.5 Å². The first-order chi connectivity index (χ1) is 14.0. The third kappa shape index (κ3) is 4.52. The fourth-order valence-corrected chi connectivity index (χ4v) is 3.58. The molecule has 5 nitrogen and oxygen atoms in total. The molecule has 7 heteroatoms. The van der Waals surface area contributed by atoms with Gasteiger partial charge >= 0.3 is 0 Å². The van der Waals surface area contributed by atoms with E-state index >= 15 is 0 Å². The van der Waals surface area contributed by atoms with E-state index in [0.717, 1.165) is 28.2 Å². The number of aryl methyl sites for hydroxylation is 1. The summed E-state index contributed by atoms with van der Waals surface area (Å²) in [5.41, 5.74) is 8.04. The van der Waals surface area contributed by atoms with Gasteiger partial charge in [-0.2, -0.15) is 5.10 Å². The molecule has 1 heterocycles. The highest BCUT2D eigenvalue weighted by Gasteiger charge is 2.13. The molecule has 0 aliphatic heterocycles. The average molecular weight is 432 g/mol. The van der Waals surface area contributed by atoms with Gasteiger partial charge in [0.25, 0.3) is 0 Å². The van der Waals surface area contributed by atoms with E-state index in [2.05, 4.69) is 21.2 Å². The summed E-state index contributed by atoms with van der Waals surface area (Å²) in [4.78, 5) is 0. The van der Waals surface area contributed by atoms with Gasteiger partial charge in [0.15, 0.2) is 11.5 Å². The number of ether oxygens (including phenoxy) is 2. The average Bonchev–Trinajstić information content (AvgIpc) is 3.00. The highest BCUT2D eigenvalue weighted by atomic mass is 35.5. The van der Waals surface area contributed by atoms with Crippen molar-refractivity contribution in [1.29, 1.82) is 0 Å². The maximum absolute atomic E-state index is 6.40. The van der Waals surface area contributed by atoms with Gasteiger partial charge in [0, 0.05) is 17.0 Å². The van der Waals surface area contributed by atoms with Gasteiger partial charge in [-0.25, -0.2) is 0 Å². The van der Waals surface area contributed by atoms with Crippen molar-refractivity contribution < 1.29 is 9.47 Å². The molecule has 1 aromatic heterocycles. The highest BCUT2D eigenvalue weighted by molar-refractivity contribution is 6.43. The molecule has 0 amide bonds. The number of nitrogens with zero attached hydrogens (tertiary/aromatic N) is 2. The molecule has 3 aromatic rings. The SMILES string of the molecule is COc1ccc(CN/N=C/c2cc(C)n(-c3cccc(Cl)c3Cl)c2C)cc1OC. The summed E-state index contributed by atoms with van der Waals surface area (Å²) in [7, 11) is 3.24. The van der Waals surface area contributed by atoms with Crippen LogP contribution < -0.4 is 14.9 Å². The van der Waals surface area contributed by atoms with E-state index in [0.29, 0.717) is 28.1 Å². The van der Waals surface area contributed by atoms with Gasteiger partial charge in [0.2, 0.25) is 0 Å². The van der Waals surface area contributed by atoms with Crippen molar-refractivity contribution in [2.75, 3.05) is 14.2 Å². The smallest absolute Gasteiger partial charge is 0.161 e. The minimum atomic E-state index is 0.531. The molecule has 152 valence electrons. The van der Waals surface area contributed by atoms with E-state index in [1.807, 2.05) is 44.2 Å². The van der Waals surface area contributed by atoms with Gasteiger partial charge in [-0.3, -0.25) is 0 Å². The maximum atomic E-state index is 6.40. The monoisotopic (exact) mass is 431 g/mol. The Morgan fingerprint density at radius 2 is 1.79 bits per heavy atom. The molecule has 0 spiro atoms. The fraction of sp³-hybridized carbons (Fsp3) is 0.227. The standard InChI is InChI=1S/C22H23Cl2N3O2/c1-14-10-17(15(2)27(14)19-7-5-6-18(23)22(19)24)13-26-25-12-16-8-9-20(28-3)21(11-16)29-4/h5-11,13,25H,12H2,1-4H3/b26-13+. The lowest BCUT2D eigenvalue weighted by Crippen LogP contribution is -2.06. The van der Waals surface area contributed by atoms with Crippen molar-refractivity contribution in [2.45, 2.75) is 20.4 Å². The number of rotatable bonds is 7. The zero-order chi connectivity index (χ0) is 21.0.